The topological polar surface area (TPSA) is 114 Å². The van der Waals surface area contributed by atoms with Gasteiger partial charge in [-0.3, -0.25) is 9.59 Å². The van der Waals surface area contributed by atoms with Gasteiger partial charge >= 0.3 is 0 Å². The van der Waals surface area contributed by atoms with Crippen molar-refractivity contribution in [2.45, 2.75) is 44.2 Å². The maximum Gasteiger partial charge on any atom is 0.250 e. The van der Waals surface area contributed by atoms with Crippen LogP contribution in [0.25, 0.3) is 10.4 Å². The summed E-state index contributed by atoms with van der Waals surface area (Å²) in [7, 11) is -1.64. The number of fused-ring (bicyclic) bond motifs is 1. The predicted octanol–water partition coefficient (Wildman–Crippen LogP) is 5.52. The summed E-state index contributed by atoms with van der Waals surface area (Å²) in [5.41, 5.74) is 3.61. The molecule has 1 aliphatic heterocycles. The molecule has 0 spiro atoms. The molecule has 0 radical (unpaired) electrons. The molecule has 1 aromatic carbocycles. The molecule has 222 valence electrons. The number of aryl methyl sites for hydroxylation is 1. The lowest BCUT2D eigenvalue weighted by Gasteiger charge is -2.27. The van der Waals surface area contributed by atoms with Crippen LogP contribution in [-0.2, 0) is 34.6 Å². The molecule has 43 heavy (non-hydrogen) atoms. The normalized spacial score (nSPS) is 15.9. The van der Waals surface area contributed by atoms with Crippen LogP contribution in [0.5, 0.6) is 0 Å². The van der Waals surface area contributed by atoms with Gasteiger partial charge in [-0.2, -0.15) is 0 Å². The number of pyridine rings is 1. The number of sulfone groups is 1. The van der Waals surface area contributed by atoms with Gasteiger partial charge in [0, 0.05) is 31.1 Å². The second-order valence-electron chi connectivity index (χ2n) is 11.1. The summed E-state index contributed by atoms with van der Waals surface area (Å²) in [4.78, 5) is 38.8. The van der Waals surface area contributed by atoms with Crippen LogP contribution >= 0.6 is 22.7 Å². The average Bonchev–Trinajstić information content (AvgIpc) is 3.64. The quantitative estimate of drug-likeness (QED) is 0.245. The van der Waals surface area contributed by atoms with E-state index in [1.807, 2.05) is 36.7 Å². The van der Waals surface area contributed by atoms with Crippen LogP contribution in [0.4, 0.5) is 10.3 Å². The number of nitrogens with zero attached hydrogens (tertiary/aromatic N) is 4. The Balaban J connectivity index is 1.10. The van der Waals surface area contributed by atoms with E-state index in [4.69, 9.17) is 9.97 Å². The van der Waals surface area contributed by atoms with Gasteiger partial charge in [0.25, 0.3) is 0 Å². The molecule has 1 N–H and O–H groups in total. The molecular weight excluding hydrogens is 603 g/mol. The molecule has 6 rings (SSSR count). The van der Waals surface area contributed by atoms with E-state index in [9.17, 15) is 18.0 Å². The highest BCUT2D eigenvalue weighted by atomic mass is 32.2. The van der Waals surface area contributed by atoms with E-state index in [0.717, 1.165) is 37.3 Å². The molecule has 1 amide bonds. The summed E-state index contributed by atoms with van der Waals surface area (Å²) >= 11 is 3.06. The zero-order chi connectivity index (χ0) is 30.3. The van der Waals surface area contributed by atoms with Crippen molar-refractivity contribution >= 4 is 48.7 Å². The predicted molar refractivity (Wildman–Crippen MR) is 171 cm³/mol. The SMILES string of the molecule is CC(C)[C@H]1c2nc(NC(=O)Cc3ccc(S(=O)(=O)CCC4=CC=C4)cc3)sc2CN1c1ncc(-c2ccc(=O)n(C)c2)s1. The number of hydrogen-bond donors (Lipinski definition) is 1. The molecular formula is C31H31N5O4S3. The van der Waals surface area contributed by atoms with Crippen molar-refractivity contribution in [2.24, 2.45) is 13.0 Å². The van der Waals surface area contributed by atoms with Crippen molar-refractivity contribution in [1.29, 1.82) is 0 Å². The Bertz CT molecular complexity index is 1920. The zero-order valence-corrected chi connectivity index (χ0v) is 26.4. The van der Waals surface area contributed by atoms with Crippen molar-refractivity contribution in [2.75, 3.05) is 16.0 Å². The molecule has 0 saturated heterocycles. The van der Waals surface area contributed by atoms with Crippen LogP contribution in [0.1, 0.15) is 42.4 Å². The van der Waals surface area contributed by atoms with E-state index < -0.39 is 9.84 Å². The highest BCUT2D eigenvalue weighted by Gasteiger charge is 2.37. The highest BCUT2D eigenvalue weighted by molar-refractivity contribution is 7.91. The molecule has 9 nitrogen and oxygen atoms in total. The Labute approximate surface area is 258 Å². The number of benzene rings is 1. The van der Waals surface area contributed by atoms with Gasteiger partial charge in [0.1, 0.15) is 0 Å². The van der Waals surface area contributed by atoms with Crippen LogP contribution < -0.4 is 15.8 Å². The van der Waals surface area contributed by atoms with E-state index in [1.165, 1.54) is 11.3 Å². The first-order valence-corrected chi connectivity index (χ1v) is 17.2. The fourth-order valence-electron chi connectivity index (χ4n) is 5.23. The van der Waals surface area contributed by atoms with Gasteiger partial charge in [-0.25, -0.2) is 18.4 Å². The van der Waals surface area contributed by atoms with E-state index in [1.54, 1.807) is 53.3 Å². The monoisotopic (exact) mass is 633 g/mol. The molecule has 0 saturated carbocycles. The summed E-state index contributed by atoms with van der Waals surface area (Å²) in [6.07, 6.45) is 10.0. The van der Waals surface area contributed by atoms with Gasteiger partial charge in [0.2, 0.25) is 11.5 Å². The highest BCUT2D eigenvalue weighted by Crippen LogP contribution is 2.46. The number of rotatable bonds is 10. The number of allylic oxidation sites excluding steroid dienone is 4. The minimum Gasteiger partial charge on any atom is -0.334 e. The third-order valence-electron chi connectivity index (χ3n) is 7.57. The Morgan fingerprint density at radius 3 is 2.58 bits per heavy atom. The number of nitrogens with one attached hydrogen (secondary N) is 1. The summed E-state index contributed by atoms with van der Waals surface area (Å²) in [6.45, 7) is 4.95. The Morgan fingerprint density at radius 2 is 1.91 bits per heavy atom. The Morgan fingerprint density at radius 1 is 1.14 bits per heavy atom. The molecule has 0 fully saturated rings. The molecule has 4 aromatic rings. The van der Waals surface area contributed by atoms with Gasteiger partial charge in [-0.15, -0.1) is 0 Å². The van der Waals surface area contributed by atoms with Crippen LogP contribution in [0.2, 0.25) is 0 Å². The molecule has 0 bridgehead atoms. The van der Waals surface area contributed by atoms with Crippen LogP contribution in [0, 0.1) is 5.92 Å². The fraction of sp³-hybridized carbons (Fsp3) is 0.290. The second-order valence-corrected chi connectivity index (χ2v) is 15.3. The number of aromatic nitrogens is 3. The lowest BCUT2D eigenvalue weighted by Crippen LogP contribution is -2.26. The van der Waals surface area contributed by atoms with Crippen LogP contribution in [0.15, 0.2) is 82.3 Å². The van der Waals surface area contributed by atoms with Gasteiger partial charge in [0.15, 0.2) is 20.1 Å². The van der Waals surface area contributed by atoms with Crippen molar-refractivity contribution in [1.82, 2.24) is 14.5 Å². The van der Waals surface area contributed by atoms with E-state index in [0.29, 0.717) is 18.1 Å². The molecule has 3 aromatic heterocycles. The number of anilines is 2. The number of hydrogen-bond acceptors (Lipinski definition) is 9. The van der Waals surface area contributed by atoms with Crippen LogP contribution in [-0.4, -0.2) is 34.6 Å². The maximum absolute atomic E-state index is 12.9. The third-order valence-corrected chi connectivity index (χ3v) is 11.4. The molecule has 4 heterocycles. The second kappa shape index (κ2) is 11.7. The molecule has 12 heteroatoms. The van der Waals surface area contributed by atoms with Gasteiger partial charge in [0.05, 0.1) is 45.1 Å². The molecule has 0 unspecified atom stereocenters. The van der Waals surface area contributed by atoms with Gasteiger partial charge in [-0.1, -0.05) is 66.9 Å². The average molecular weight is 634 g/mol. The molecule has 2 aliphatic rings. The Kier molecular flexibility index (Phi) is 7.92. The van der Waals surface area contributed by atoms with Crippen molar-refractivity contribution in [3.63, 3.8) is 0 Å². The minimum absolute atomic E-state index is 0.0159. The molecule has 1 atom stereocenters. The minimum atomic E-state index is -3.38. The summed E-state index contributed by atoms with van der Waals surface area (Å²) < 4.78 is 26.8. The standard InChI is InChI=1S/C31H31N5O4S3/c1-19(2)29-28-25(18-36(29)31-32-16-24(42-31)22-9-12-27(38)35(3)17-22)41-30(34-28)33-26(37)15-21-7-10-23(11-8-21)43(39,40)14-13-20-5-4-6-20/h4-12,16-17,19,29H,13-15,18H2,1-3H3,(H,33,34,37)/t29-/m0/s1. The maximum atomic E-state index is 12.9. The largest absolute Gasteiger partial charge is 0.334 e. The number of carbonyl (C=O) groups excluding carboxylic acids is 1. The fourth-order valence-corrected chi connectivity index (χ4v) is 8.48. The first-order valence-electron chi connectivity index (χ1n) is 14.0. The van der Waals surface area contributed by atoms with Gasteiger partial charge < -0.3 is 14.8 Å². The first kappa shape index (κ1) is 29.2. The van der Waals surface area contributed by atoms with Crippen molar-refractivity contribution in [3.05, 3.63) is 99.1 Å². The number of carbonyl (C=O) groups is 1. The Hall–Kier alpha value is -3.87. The number of thiazole rings is 2. The lowest BCUT2D eigenvalue weighted by atomic mass is 10.0. The van der Waals surface area contributed by atoms with Gasteiger partial charge in [-0.05, 0) is 41.7 Å². The molecule has 1 aliphatic carbocycles. The van der Waals surface area contributed by atoms with Crippen molar-refractivity contribution in [3.8, 4) is 10.4 Å². The first-order chi connectivity index (χ1) is 20.6. The summed E-state index contributed by atoms with van der Waals surface area (Å²) in [5.74, 6) is 0.117. The van der Waals surface area contributed by atoms with E-state index in [-0.39, 0.29) is 40.5 Å². The number of amides is 1. The summed E-state index contributed by atoms with van der Waals surface area (Å²) in [5, 5.41) is 4.39. The van der Waals surface area contributed by atoms with E-state index in [2.05, 4.69) is 24.1 Å². The lowest BCUT2D eigenvalue weighted by molar-refractivity contribution is -0.115. The summed E-state index contributed by atoms with van der Waals surface area (Å²) in [6, 6.07) is 9.94. The smallest absolute Gasteiger partial charge is 0.250 e. The third kappa shape index (κ3) is 6.13. The zero-order valence-electron chi connectivity index (χ0n) is 24.0. The van der Waals surface area contributed by atoms with Crippen LogP contribution in [0.3, 0.4) is 0 Å². The van der Waals surface area contributed by atoms with E-state index >= 15 is 0 Å². The van der Waals surface area contributed by atoms with Crippen molar-refractivity contribution < 1.29 is 13.2 Å².